The number of nitrogens with one attached hydrogen (secondary N) is 1. The number of hydrogen-bond acceptors (Lipinski definition) is 4. The molecule has 0 atom stereocenters. The Morgan fingerprint density at radius 1 is 1.19 bits per heavy atom. The lowest BCUT2D eigenvalue weighted by atomic mass is 10.2. The monoisotopic (exact) mass is 286 g/mol. The van der Waals surface area contributed by atoms with Gasteiger partial charge in [-0.2, -0.15) is 0 Å². The van der Waals surface area contributed by atoms with Crippen LogP contribution in [0.15, 0.2) is 48.5 Å². The molecular weight excluding hydrogens is 268 g/mol. The van der Waals surface area contributed by atoms with Crippen molar-refractivity contribution in [2.75, 3.05) is 11.9 Å². The summed E-state index contributed by atoms with van der Waals surface area (Å²) in [5.74, 6) is 0.845. The van der Waals surface area contributed by atoms with E-state index in [0.29, 0.717) is 13.2 Å². The van der Waals surface area contributed by atoms with E-state index in [0.717, 1.165) is 23.4 Å². The van der Waals surface area contributed by atoms with E-state index >= 15 is 0 Å². The van der Waals surface area contributed by atoms with Crippen LogP contribution in [0.5, 0.6) is 5.75 Å². The summed E-state index contributed by atoms with van der Waals surface area (Å²) >= 11 is 0. The van der Waals surface area contributed by atoms with E-state index in [1.165, 1.54) is 6.07 Å². The quantitative estimate of drug-likeness (QED) is 0.617. The lowest BCUT2D eigenvalue weighted by Gasteiger charge is -2.08. The molecule has 110 valence electrons. The number of benzene rings is 2. The van der Waals surface area contributed by atoms with Crippen molar-refractivity contribution in [3.8, 4) is 5.75 Å². The zero-order chi connectivity index (χ0) is 15.1. The maximum absolute atomic E-state index is 10.7. The number of rotatable bonds is 7. The molecule has 0 saturated carbocycles. The summed E-state index contributed by atoms with van der Waals surface area (Å²) in [6.07, 6.45) is 0.979. The summed E-state index contributed by atoms with van der Waals surface area (Å²) in [6.45, 7) is 3.31. The van der Waals surface area contributed by atoms with Crippen molar-refractivity contribution in [2.24, 2.45) is 0 Å². The summed E-state index contributed by atoms with van der Waals surface area (Å²) in [5.41, 5.74) is 1.93. The summed E-state index contributed by atoms with van der Waals surface area (Å²) in [4.78, 5) is 10.3. The van der Waals surface area contributed by atoms with Crippen LogP contribution in [0.2, 0.25) is 0 Å². The van der Waals surface area contributed by atoms with Gasteiger partial charge in [0.25, 0.3) is 5.69 Å². The predicted molar refractivity (Wildman–Crippen MR) is 82.7 cm³/mol. The molecule has 0 heterocycles. The van der Waals surface area contributed by atoms with Crippen molar-refractivity contribution in [3.63, 3.8) is 0 Å². The van der Waals surface area contributed by atoms with Crippen LogP contribution in [-0.4, -0.2) is 11.5 Å². The van der Waals surface area contributed by atoms with Crippen LogP contribution in [0.4, 0.5) is 11.4 Å². The van der Waals surface area contributed by atoms with E-state index in [1.807, 2.05) is 30.3 Å². The highest BCUT2D eigenvalue weighted by atomic mass is 16.6. The molecule has 0 aromatic heterocycles. The van der Waals surface area contributed by atoms with Crippen LogP contribution in [0, 0.1) is 10.1 Å². The molecule has 0 saturated heterocycles. The molecule has 0 radical (unpaired) electrons. The second kappa shape index (κ2) is 7.28. The first-order valence-electron chi connectivity index (χ1n) is 6.89. The normalized spacial score (nSPS) is 10.1. The third-order valence-corrected chi connectivity index (χ3v) is 2.95. The Balaban J connectivity index is 1.93. The van der Waals surface area contributed by atoms with E-state index in [2.05, 4.69) is 12.2 Å². The molecule has 0 aliphatic heterocycles. The standard InChI is InChI=1S/C16H18N2O3/c1-2-10-21-16-8-6-14(7-9-16)17-12-13-4-3-5-15(11-13)18(19)20/h3-9,11,17H,2,10,12H2,1H3. The van der Waals surface area contributed by atoms with Gasteiger partial charge in [-0.3, -0.25) is 10.1 Å². The average Bonchev–Trinajstić information content (AvgIpc) is 2.52. The van der Waals surface area contributed by atoms with E-state index in [4.69, 9.17) is 4.74 Å². The molecule has 0 amide bonds. The van der Waals surface area contributed by atoms with E-state index in [1.54, 1.807) is 12.1 Å². The third kappa shape index (κ3) is 4.49. The second-order valence-corrected chi connectivity index (χ2v) is 4.65. The molecule has 0 aliphatic rings. The van der Waals surface area contributed by atoms with Gasteiger partial charge in [0.2, 0.25) is 0 Å². The van der Waals surface area contributed by atoms with Gasteiger partial charge in [-0.25, -0.2) is 0 Å². The molecule has 0 fully saturated rings. The topological polar surface area (TPSA) is 64.4 Å². The molecule has 0 spiro atoms. The zero-order valence-electron chi connectivity index (χ0n) is 11.9. The Morgan fingerprint density at radius 2 is 1.95 bits per heavy atom. The number of anilines is 1. The molecule has 21 heavy (non-hydrogen) atoms. The van der Waals surface area contributed by atoms with Gasteiger partial charge >= 0.3 is 0 Å². The fourth-order valence-electron chi connectivity index (χ4n) is 1.87. The molecule has 2 aromatic carbocycles. The van der Waals surface area contributed by atoms with Gasteiger partial charge in [-0.15, -0.1) is 0 Å². The second-order valence-electron chi connectivity index (χ2n) is 4.65. The van der Waals surface area contributed by atoms with Gasteiger partial charge in [0.1, 0.15) is 5.75 Å². The maximum Gasteiger partial charge on any atom is 0.269 e. The Labute approximate surface area is 123 Å². The number of nitrogens with zero attached hydrogens (tertiary/aromatic N) is 1. The van der Waals surface area contributed by atoms with Crippen LogP contribution >= 0.6 is 0 Å². The Hall–Kier alpha value is -2.56. The van der Waals surface area contributed by atoms with Crippen molar-refractivity contribution in [1.29, 1.82) is 0 Å². The lowest BCUT2D eigenvalue weighted by Crippen LogP contribution is -2.00. The highest BCUT2D eigenvalue weighted by molar-refractivity contribution is 5.47. The number of ether oxygens (including phenoxy) is 1. The predicted octanol–water partition coefficient (Wildman–Crippen LogP) is 4.00. The summed E-state index contributed by atoms with van der Waals surface area (Å²) in [7, 11) is 0. The average molecular weight is 286 g/mol. The summed E-state index contributed by atoms with van der Waals surface area (Å²) < 4.78 is 5.51. The van der Waals surface area contributed by atoms with Gasteiger partial charge in [-0.1, -0.05) is 19.1 Å². The Bertz CT molecular complexity index is 597. The molecule has 2 aromatic rings. The summed E-state index contributed by atoms with van der Waals surface area (Å²) in [6, 6.07) is 14.3. The SMILES string of the molecule is CCCOc1ccc(NCc2cccc([N+](=O)[O-])c2)cc1. The van der Waals surface area contributed by atoms with Crippen molar-refractivity contribution < 1.29 is 9.66 Å². The van der Waals surface area contributed by atoms with Crippen LogP contribution in [0.25, 0.3) is 0 Å². The van der Waals surface area contributed by atoms with Crippen LogP contribution < -0.4 is 10.1 Å². The molecule has 5 heteroatoms. The first-order chi connectivity index (χ1) is 10.2. The van der Waals surface area contributed by atoms with Gasteiger partial charge in [0.15, 0.2) is 0 Å². The Kier molecular flexibility index (Phi) is 5.15. The molecule has 0 aliphatic carbocycles. The van der Waals surface area contributed by atoms with Crippen molar-refractivity contribution >= 4 is 11.4 Å². The molecule has 5 nitrogen and oxygen atoms in total. The fraction of sp³-hybridized carbons (Fsp3) is 0.250. The van der Waals surface area contributed by atoms with Crippen LogP contribution in [-0.2, 0) is 6.54 Å². The lowest BCUT2D eigenvalue weighted by molar-refractivity contribution is -0.384. The smallest absolute Gasteiger partial charge is 0.269 e. The van der Waals surface area contributed by atoms with Crippen LogP contribution in [0.3, 0.4) is 0 Å². The minimum atomic E-state index is -0.386. The minimum absolute atomic E-state index is 0.109. The summed E-state index contributed by atoms with van der Waals surface area (Å²) in [5, 5.41) is 14.0. The first-order valence-corrected chi connectivity index (χ1v) is 6.89. The van der Waals surface area contributed by atoms with Crippen LogP contribution in [0.1, 0.15) is 18.9 Å². The van der Waals surface area contributed by atoms with E-state index in [9.17, 15) is 10.1 Å². The maximum atomic E-state index is 10.7. The molecular formula is C16H18N2O3. The van der Waals surface area contributed by atoms with Gasteiger partial charge < -0.3 is 10.1 Å². The van der Waals surface area contributed by atoms with Gasteiger partial charge in [0, 0.05) is 24.4 Å². The highest BCUT2D eigenvalue weighted by Crippen LogP contribution is 2.18. The number of hydrogen-bond donors (Lipinski definition) is 1. The van der Waals surface area contributed by atoms with Gasteiger partial charge in [0.05, 0.1) is 11.5 Å². The Morgan fingerprint density at radius 3 is 2.62 bits per heavy atom. The number of nitro benzene ring substituents is 1. The molecule has 0 bridgehead atoms. The fourth-order valence-corrected chi connectivity index (χ4v) is 1.87. The van der Waals surface area contributed by atoms with E-state index < -0.39 is 0 Å². The minimum Gasteiger partial charge on any atom is -0.494 e. The highest BCUT2D eigenvalue weighted by Gasteiger charge is 2.05. The van der Waals surface area contributed by atoms with E-state index in [-0.39, 0.29) is 10.6 Å². The van der Waals surface area contributed by atoms with Crippen molar-refractivity contribution in [3.05, 3.63) is 64.2 Å². The van der Waals surface area contributed by atoms with Crippen molar-refractivity contribution in [2.45, 2.75) is 19.9 Å². The zero-order valence-corrected chi connectivity index (χ0v) is 11.9. The third-order valence-electron chi connectivity index (χ3n) is 2.95. The molecule has 0 unspecified atom stereocenters. The number of non-ortho nitro benzene ring substituents is 1. The number of nitro groups is 1. The molecule has 1 N–H and O–H groups in total. The molecule has 2 rings (SSSR count). The van der Waals surface area contributed by atoms with Gasteiger partial charge in [-0.05, 0) is 36.2 Å². The largest absolute Gasteiger partial charge is 0.494 e. The van der Waals surface area contributed by atoms with Crippen molar-refractivity contribution in [1.82, 2.24) is 0 Å². The first kappa shape index (κ1) is 14.8.